The van der Waals surface area contributed by atoms with Gasteiger partial charge in [-0.25, -0.2) is 14.1 Å². The van der Waals surface area contributed by atoms with E-state index in [1.807, 2.05) is 0 Å². The first kappa shape index (κ1) is 26.6. The van der Waals surface area contributed by atoms with Crippen molar-refractivity contribution >= 4 is 6.41 Å². The standard InChI is InChI=1S/C20H23F7N4O2/c1-11-8-15(21)9-29-17(11)31-13(3)12(2)16(30-31)14(4-6-28-10-32)5-7-33-18(19(22,23)24)20(25,26)27/h8-10,14,18H,4-7H2,1-3H3,(H,28,32). The molecule has 0 bridgehead atoms. The number of halogens is 7. The predicted molar refractivity (Wildman–Crippen MR) is 103 cm³/mol. The van der Waals surface area contributed by atoms with Gasteiger partial charge in [0.05, 0.1) is 11.9 Å². The van der Waals surface area contributed by atoms with Gasteiger partial charge in [0.1, 0.15) is 5.82 Å². The van der Waals surface area contributed by atoms with E-state index >= 15 is 0 Å². The van der Waals surface area contributed by atoms with E-state index < -0.39 is 36.8 Å². The molecule has 0 aliphatic carbocycles. The summed E-state index contributed by atoms with van der Waals surface area (Å²) in [7, 11) is 0. The summed E-state index contributed by atoms with van der Waals surface area (Å²) in [5.74, 6) is -0.837. The van der Waals surface area contributed by atoms with Crippen LogP contribution in [0.1, 0.15) is 41.3 Å². The molecule has 1 N–H and O–H groups in total. The highest BCUT2D eigenvalue weighted by Crippen LogP contribution is 2.36. The smallest absolute Gasteiger partial charge is 0.361 e. The summed E-state index contributed by atoms with van der Waals surface area (Å²) in [6.07, 6.45) is -13.7. The lowest BCUT2D eigenvalue weighted by atomic mass is 9.94. The molecule has 2 aromatic heterocycles. The molecule has 2 aromatic rings. The summed E-state index contributed by atoms with van der Waals surface area (Å²) in [6.45, 7) is 4.30. The Morgan fingerprint density at radius 1 is 1.12 bits per heavy atom. The molecule has 33 heavy (non-hydrogen) atoms. The van der Waals surface area contributed by atoms with E-state index in [0.29, 0.717) is 34.7 Å². The second-order valence-electron chi connectivity index (χ2n) is 7.48. The molecule has 13 heteroatoms. The van der Waals surface area contributed by atoms with Gasteiger partial charge in [-0.2, -0.15) is 31.4 Å². The second-order valence-corrected chi connectivity index (χ2v) is 7.48. The quantitative estimate of drug-likeness (QED) is 0.307. The Labute approximate surface area is 185 Å². The number of nitrogens with one attached hydrogen (secondary N) is 1. The predicted octanol–water partition coefficient (Wildman–Crippen LogP) is 4.45. The van der Waals surface area contributed by atoms with Crippen molar-refractivity contribution in [2.45, 2.75) is 58.0 Å². The Kier molecular flexibility index (Phi) is 8.44. The monoisotopic (exact) mass is 484 g/mol. The first-order valence-corrected chi connectivity index (χ1v) is 9.88. The Hall–Kier alpha value is -2.70. The van der Waals surface area contributed by atoms with Gasteiger partial charge in [-0.3, -0.25) is 4.79 Å². The molecule has 1 unspecified atom stereocenters. The fraction of sp³-hybridized carbons (Fsp3) is 0.550. The van der Waals surface area contributed by atoms with Crippen molar-refractivity contribution < 1.29 is 40.3 Å². The SMILES string of the molecule is Cc1cc(F)cnc1-n1nc(C(CCNC=O)CCOC(C(F)(F)F)C(F)(F)F)c(C)c1C. The van der Waals surface area contributed by atoms with Crippen molar-refractivity contribution in [2.75, 3.05) is 13.2 Å². The summed E-state index contributed by atoms with van der Waals surface area (Å²) in [6, 6.07) is 1.26. The lowest BCUT2D eigenvalue weighted by Crippen LogP contribution is -2.44. The molecule has 0 saturated heterocycles. The van der Waals surface area contributed by atoms with Crippen LogP contribution < -0.4 is 5.32 Å². The third-order valence-electron chi connectivity index (χ3n) is 5.12. The zero-order valence-corrected chi connectivity index (χ0v) is 18.0. The van der Waals surface area contributed by atoms with Gasteiger partial charge in [0.15, 0.2) is 5.82 Å². The number of ether oxygens (including phenoxy) is 1. The van der Waals surface area contributed by atoms with Crippen molar-refractivity contribution in [3.05, 3.63) is 40.6 Å². The fourth-order valence-corrected chi connectivity index (χ4v) is 3.39. The van der Waals surface area contributed by atoms with Crippen molar-refractivity contribution in [3.63, 3.8) is 0 Å². The number of pyridine rings is 1. The molecule has 1 atom stereocenters. The van der Waals surface area contributed by atoms with Crippen LogP contribution in [0.5, 0.6) is 0 Å². The maximum atomic E-state index is 13.4. The van der Waals surface area contributed by atoms with Crippen LogP contribution in [-0.2, 0) is 9.53 Å². The normalized spacial score (nSPS) is 13.4. The highest BCUT2D eigenvalue weighted by molar-refractivity contribution is 5.45. The van der Waals surface area contributed by atoms with E-state index in [4.69, 9.17) is 0 Å². The largest absolute Gasteiger partial charge is 0.423 e. The van der Waals surface area contributed by atoms with Gasteiger partial charge in [0.25, 0.3) is 0 Å². The van der Waals surface area contributed by atoms with Crippen molar-refractivity contribution in [2.24, 2.45) is 0 Å². The van der Waals surface area contributed by atoms with E-state index in [1.165, 1.54) is 10.7 Å². The number of hydrogen-bond donors (Lipinski definition) is 1. The summed E-state index contributed by atoms with van der Waals surface area (Å²) in [5, 5.41) is 6.87. The second kappa shape index (κ2) is 10.5. The van der Waals surface area contributed by atoms with Crippen molar-refractivity contribution in [3.8, 4) is 5.82 Å². The van der Waals surface area contributed by atoms with Crippen LogP contribution in [0.25, 0.3) is 5.82 Å². The number of rotatable bonds is 10. The lowest BCUT2D eigenvalue weighted by molar-refractivity contribution is -0.322. The maximum absolute atomic E-state index is 13.4. The molecule has 0 fully saturated rings. The molecule has 0 spiro atoms. The topological polar surface area (TPSA) is 69.0 Å². The van der Waals surface area contributed by atoms with Crippen LogP contribution in [0.2, 0.25) is 0 Å². The van der Waals surface area contributed by atoms with Crippen LogP contribution in [-0.4, -0.2) is 52.8 Å². The number of aryl methyl sites for hydroxylation is 1. The van der Waals surface area contributed by atoms with E-state index in [2.05, 4.69) is 20.1 Å². The molecule has 2 heterocycles. The van der Waals surface area contributed by atoms with Gasteiger partial charge in [-0.15, -0.1) is 0 Å². The molecule has 2 rings (SSSR count). The molecular formula is C20H23F7N4O2. The van der Waals surface area contributed by atoms with Gasteiger partial charge in [-0.05, 0) is 50.8 Å². The van der Waals surface area contributed by atoms with Gasteiger partial charge >= 0.3 is 12.4 Å². The number of amides is 1. The molecular weight excluding hydrogens is 461 g/mol. The van der Waals surface area contributed by atoms with E-state index in [-0.39, 0.29) is 19.4 Å². The van der Waals surface area contributed by atoms with Gasteiger partial charge in [0.2, 0.25) is 12.5 Å². The van der Waals surface area contributed by atoms with Crippen molar-refractivity contribution in [1.82, 2.24) is 20.1 Å². The number of hydrogen-bond acceptors (Lipinski definition) is 4. The van der Waals surface area contributed by atoms with E-state index in [9.17, 15) is 35.5 Å². The lowest BCUT2D eigenvalue weighted by Gasteiger charge is -2.24. The zero-order valence-electron chi connectivity index (χ0n) is 18.0. The van der Waals surface area contributed by atoms with E-state index in [1.54, 1.807) is 20.8 Å². The number of carbonyl (C=O) groups excluding carboxylic acids is 1. The number of alkyl halides is 6. The number of aromatic nitrogens is 3. The number of carbonyl (C=O) groups is 1. The summed E-state index contributed by atoms with van der Waals surface area (Å²) < 4.78 is 95.5. The summed E-state index contributed by atoms with van der Waals surface area (Å²) in [5.41, 5.74) is 2.14. The van der Waals surface area contributed by atoms with Crippen LogP contribution >= 0.6 is 0 Å². The summed E-state index contributed by atoms with van der Waals surface area (Å²) in [4.78, 5) is 14.6. The highest BCUT2D eigenvalue weighted by atomic mass is 19.4. The minimum atomic E-state index is -5.60. The van der Waals surface area contributed by atoms with Crippen LogP contribution in [0, 0.1) is 26.6 Å². The molecule has 0 radical (unpaired) electrons. The van der Waals surface area contributed by atoms with Gasteiger partial charge in [-0.1, -0.05) is 0 Å². The molecule has 184 valence electrons. The van der Waals surface area contributed by atoms with Gasteiger partial charge in [0, 0.05) is 24.8 Å². The highest BCUT2D eigenvalue weighted by Gasteiger charge is 2.57. The molecule has 0 aliphatic rings. The minimum Gasteiger partial charge on any atom is -0.361 e. The van der Waals surface area contributed by atoms with Crippen LogP contribution in [0.15, 0.2) is 12.3 Å². The van der Waals surface area contributed by atoms with Crippen molar-refractivity contribution in [1.29, 1.82) is 0 Å². The Bertz CT molecular complexity index is 943. The maximum Gasteiger partial charge on any atom is 0.423 e. The first-order valence-electron chi connectivity index (χ1n) is 9.88. The first-order chi connectivity index (χ1) is 15.3. The number of nitrogens with zero attached hydrogens (tertiary/aromatic N) is 3. The average Bonchev–Trinajstić information content (AvgIpc) is 2.97. The molecule has 0 aliphatic heterocycles. The Morgan fingerprint density at radius 3 is 2.30 bits per heavy atom. The van der Waals surface area contributed by atoms with E-state index in [0.717, 1.165) is 6.20 Å². The molecule has 0 saturated carbocycles. The van der Waals surface area contributed by atoms with Crippen LogP contribution in [0.3, 0.4) is 0 Å². The third kappa shape index (κ3) is 6.65. The van der Waals surface area contributed by atoms with Gasteiger partial charge < -0.3 is 10.1 Å². The Morgan fingerprint density at radius 2 is 1.76 bits per heavy atom. The average molecular weight is 484 g/mol. The zero-order chi connectivity index (χ0) is 25.0. The molecule has 6 nitrogen and oxygen atoms in total. The molecule has 0 aromatic carbocycles. The minimum absolute atomic E-state index is 0.120. The van der Waals surface area contributed by atoms with Crippen LogP contribution in [0.4, 0.5) is 30.7 Å². The fourth-order valence-electron chi connectivity index (χ4n) is 3.39. The molecule has 1 amide bonds. The summed E-state index contributed by atoms with van der Waals surface area (Å²) >= 11 is 0. The third-order valence-corrected chi connectivity index (χ3v) is 5.12. The Balaban J connectivity index is 2.31.